The zero-order valence-corrected chi connectivity index (χ0v) is 16.8. The summed E-state index contributed by atoms with van der Waals surface area (Å²) in [6.07, 6.45) is -0.0573. The number of benzene rings is 2. The Morgan fingerprint density at radius 2 is 1.96 bits per heavy atom. The van der Waals surface area contributed by atoms with Crippen LogP contribution in [0.5, 0.6) is 5.75 Å². The molecule has 0 radical (unpaired) electrons. The summed E-state index contributed by atoms with van der Waals surface area (Å²) in [6.45, 7) is 6.02. The molecule has 0 aliphatic rings. The van der Waals surface area contributed by atoms with Crippen LogP contribution in [0.15, 0.2) is 47.0 Å². The molecule has 1 heterocycles. The zero-order valence-electron chi connectivity index (χ0n) is 16.0. The lowest BCUT2D eigenvalue weighted by molar-refractivity contribution is -0.128. The monoisotopic (exact) mass is 399 g/mol. The molecule has 146 valence electrons. The van der Waals surface area contributed by atoms with E-state index in [0.29, 0.717) is 28.9 Å². The van der Waals surface area contributed by atoms with E-state index in [4.69, 9.17) is 20.9 Å². The van der Waals surface area contributed by atoms with Crippen LogP contribution in [0.25, 0.3) is 11.4 Å². The molecule has 1 amide bonds. The molecule has 0 aliphatic carbocycles. The molecule has 1 aromatic heterocycles. The summed E-state index contributed by atoms with van der Waals surface area (Å²) >= 11 is 5.89. The molecule has 3 rings (SSSR count). The van der Waals surface area contributed by atoms with Gasteiger partial charge in [-0.25, -0.2) is 0 Å². The summed E-state index contributed by atoms with van der Waals surface area (Å²) < 4.78 is 11.1. The molecule has 1 N–H and O–H groups in total. The first-order valence-corrected chi connectivity index (χ1v) is 9.44. The van der Waals surface area contributed by atoms with Gasteiger partial charge in [0.1, 0.15) is 5.75 Å². The minimum atomic E-state index is -0.598. The number of ether oxygens (including phenoxy) is 1. The van der Waals surface area contributed by atoms with Gasteiger partial charge in [-0.3, -0.25) is 4.79 Å². The molecule has 0 saturated heterocycles. The van der Waals surface area contributed by atoms with Crippen molar-refractivity contribution in [3.8, 4) is 17.1 Å². The topological polar surface area (TPSA) is 77.2 Å². The number of nitrogens with zero attached hydrogens (tertiary/aromatic N) is 2. The number of nitrogens with one attached hydrogen (secondary N) is 1. The summed E-state index contributed by atoms with van der Waals surface area (Å²) in [7, 11) is 0. The van der Waals surface area contributed by atoms with Crippen molar-refractivity contribution >= 4 is 17.5 Å². The number of aromatic nitrogens is 2. The van der Waals surface area contributed by atoms with Gasteiger partial charge in [0.2, 0.25) is 11.7 Å². The minimum Gasteiger partial charge on any atom is -0.480 e. The van der Waals surface area contributed by atoms with Gasteiger partial charge in [0.15, 0.2) is 6.10 Å². The van der Waals surface area contributed by atoms with Gasteiger partial charge in [0, 0.05) is 10.6 Å². The highest BCUT2D eigenvalue weighted by atomic mass is 35.5. The highest BCUT2D eigenvalue weighted by Crippen LogP contribution is 2.22. The number of halogens is 1. The van der Waals surface area contributed by atoms with Crippen molar-refractivity contribution in [1.82, 2.24) is 15.5 Å². The van der Waals surface area contributed by atoms with E-state index in [1.54, 1.807) is 24.3 Å². The molecule has 0 saturated carbocycles. The highest BCUT2D eigenvalue weighted by molar-refractivity contribution is 6.30. The van der Waals surface area contributed by atoms with E-state index in [0.717, 1.165) is 16.7 Å². The molecule has 7 heteroatoms. The Kier molecular flexibility index (Phi) is 6.31. The van der Waals surface area contributed by atoms with Crippen LogP contribution in [0.3, 0.4) is 0 Å². The number of carbonyl (C=O) groups is 1. The van der Waals surface area contributed by atoms with Crippen LogP contribution >= 0.6 is 11.6 Å². The quantitative estimate of drug-likeness (QED) is 0.633. The average molecular weight is 400 g/mol. The maximum Gasteiger partial charge on any atom is 0.261 e. The van der Waals surface area contributed by atoms with Gasteiger partial charge < -0.3 is 14.6 Å². The molecule has 28 heavy (non-hydrogen) atoms. The smallest absolute Gasteiger partial charge is 0.261 e. The molecule has 0 bridgehead atoms. The predicted octanol–water partition coefficient (Wildman–Crippen LogP) is 4.48. The third-order valence-corrected chi connectivity index (χ3v) is 4.72. The van der Waals surface area contributed by atoms with E-state index >= 15 is 0 Å². The molecular weight excluding hydrogens is 378 g/mol. The average Bonchev–Trinajstić information content (AvgIpc) is 3.17. The highest BCUT2D eigenvalue weighted by Gasteiger charge is 2.20. The lowest BCUT2D eigenvalue weighted by Gasteiger charge is -2.18. The molecule has 0 aliphatic heterocycles. The number of amides is 1. The standard InChI is InChI=1S/C21H22ClN3O3/c1-4-17(27-18-7-5-6-13(2)14(18)3)21(26)23-12-19-24-20(25-28-19)15-8-10-16(22)11-9-15/h5-11,17H,4,12H2,1-3H3,(H,23,26)/t17-/m0/s1. The Morgan fingerprint density at radius 1 is 1.21 bits per heavy atom. The van der Waals surface area contributed by atoms with Crippen molar-refractivity contribution in [2.45, 2.75) is 39.8 Å². The van der Waals surface area contributed by atoms with Crippen molar-refractivity contribution in [3.05, 3.63) is 64.5 Å². The summed E-state index contributed by atoms with van der Waals surface area (Å²) in [6, 6.07) is 12.9. The number of rotatable bonds is 7. The van der Waals surface area contributed by atoms with Crippen LogP contribution in [-0.2, 0) is 11.3 Å². The number of hydrogen-bond donors (Lipinski definition) is 1. The molecular formula is C21H22ClN3O3. The normalized spacial score (nSPS) is 11.9. The van der Waals surface area contributed by atoms with E-state index in [2.05, 4.69) is 15.5 Å². The lowest BCUT2D eigenvalue weighted by Crippen LogP contribution is -2.37. The van der Waals surface area contributed by atoms with Gasteiger partial charge in [-0.05, 0) is 61.7 Å². The van der Waals surface area contributed by atoms with E-state index in [1.807, 2.05) is 39.0 Å². The second-order valence-corrected chi connectivity index (χ2v) is 6.89. The Hall–Kier alpha value is -2.86. The van der Waals surface area contributed by atoms with E-state index in [1.165, 1.54) is 0 Å². The van der Waals surface area contributed by atoms with Crippen LogP contribution in [-0.4, -0.2) is 22.2 Å². The van der Waals surface area contributed by atoms with Crippen molar-refractivity contribution in [1.29, 1.82) is 0 Å². The van der Waals surface area contributed by atoms with Crippen LogP contribution in [0.1, 0.15) is 30.4 Å². The van der Waals surface area contributed by atoms with Crippen molar-refractivity contribution in [3.63, 3.8) is 0 Å². The zero-order chi connectivity index (χ0) is 20.1. The lowest BCUT2D eigenvalue weighted by atomic mass is 10.1. The SMILES string of the molecule is CC[C@H](Oc1cccc(C)c1C)C(=O)NCc1nc(-c2ccc(Cl)cc2)no1. The van der Waals surface area contributed by atoms with Crippen LogP contribution in [0.4, 0.5) is 0 Å². The first kappa shape index (κ1) is 19.9. The fourth-order valence-electron chi connectivity index (χ4n) is 2.65. The minimum absolute atomic E-state index is 0.131. The Bertz CT molecular complexity index is 954. The van der Waals surface area contributed by atoms with Crippen LogP contribution in [0.2, 0.25) is 5.02 Å². The van der Waals surface area contributed by atoms with Crippen LogP contribution in [0, 0.1) is 13.8 Å². The van der Waals surface area contributed by atoms with Gasteiger partial charge in [-0.15, -0.1) is 0 Å². The van der Waals surface area contributed by atoms with Crippen LogP contribution < -0.4 is 10.1 Å². The van der Waals surface area contributed by atoms with Gasteiger partial charge in [0.25, 0.3) is 5.91 Å². The Balaban J connectivity index is 1.61. The summed E-state index contributed by atoms with van der Waals surface area (Å²) in [5.41, 5.74) is 2.93. The maximum absolute atomic E-state index is 12.5. The molecule has 0 unspecified atom stereocenters. The molecule has 0 fully saturated rings. The van der Waals surface area contributed by atoms with Gasteiger partial charge in [0.05, 0.1) is 6.54 Å². The fraction of sp³-hybridized carbons (Fsp3) is 0.286. The molecule has 6 nitrogen and oxygen atoms in total. The number of aryl methyl sites for hydroxylation is 1. The second kappa shape index (κ2) is 8.89. The summed E-state index contributed by atoms with van der Waals surface area (Å²) in [5.74, 6) is 1.25. The van der Waals surface area contributed by atoms with E-state index in [9.17, 15) is 4.79 Å². The molecule has 3 aromatic rings. The third kappa shape index (κ3) is 4.70. The second-order valence-electron chi connectivity index (χ2n) is 6.45. The molecule has 2 aromatic carbocycles. The fourth-order valence-corrected chi connectivity index (χ4v) is 2.77. The Morgan fingerprint density at radius 3 is 2.68 bits per heavy atom. The number of hydrogen-bond acceptors (Lipinski definition) is 5. The number of carbonyl (C=O) groups excluding carboxylic acids is 1. The maximum atomic E-state index is 12.5. The van der Waals surface area contributed by atoms with Crippen molar-refractivity contribution < 1.29 is 14.1 Å². The Labute approximate surface area is 168 Å². The summed E-state index contributed by atoms with van der Waals surface area (Å²) in [5, 5.41) is 7.37. The molecule has 1 atom stereocenters. The summed E-state index contributed by atoms with van der Waals surface area (Å²) in [4.78, 5) is 16.8. The molecule has 0 spiro atoms. The predicted molar refractivity (Wildman–Crippen MR) is 107 cm³/mol. The third-order valence-electron chi connectivity index (χ3n) is 4.47. The van der Waals surface area contributed by atoms with Crippen molar-refractivity contribution in [2.24, 2.45) is 0 Å². The van der Waals surface area contributed by atoms with E-state index in [-0.39, 0.29) is 12.5 Å². The largest absolute Gasteiger partial charge is 0.480 e. The van der Waals surface area contributed by atoms with Gasteiger partial charge in [-0.1, -0.05) is 35.8 Å². The van der Waals surface area contributed by atoms with E-state index < -0.39 is 6.10 Å². The van der Waals surface area contributed by atoms with Gasteiger partial charge >= 0.3 is 0 Å². The van der Waals surface area contributed by atoms with Gasteiger partial charge in [-0.2, -0.15) is 4.98 Å². The first-order chi connectivity index (χ1) is 13.5. The first-order valence-electron chi connectivity index (χ1n) is 9.07. The van der Waals surface area contributed by atoms with Crippen molar-refractivity contribution in [2.75, 3.05) is 0 Å².